The Morgan fingerprint density at radius 1 is 0.750 bits per heavy atom. The van der Waals surface area contributed by atoms with Gasteiger partial charge in [0.05, 0.1) is 23.6 Å². The summed E-state index contributed by atoms with van der Waals surface area (Å²) in [4.78, 5) is 5.17. The summed E-state index contributed by atoms with van der Waals surface area (Å²) in [6, 6.07) is 38.1. The highest BCUT2D eigenvalue weighted by atomic mass is 16.5. The van der Waals surface area contributed by atoms with Gasteiger partial charge < -0.3 is 9.30 Å². The number of nitrogens with zero attached hydrogens (tertiary/aromatic N) is 2. The number of imidazole rings is 1. The van der Waals surface area contributed by atoms with Gasteiger partial charge >= 0.3 is 0 Å². The van der Waals surface area contributed by atoms with E-state index in [0.717, 1.165) is 42.9 Å². The molecule has 180 valence electrons. The number of ether oxygens (including phenoxy) is 1. The van der Waals surface area contributed by atoms with Crippen LogP contribution >= 0.6 is 0 Å². The van der Waals surface area contributed by atoms with Crippen LogP contribution in [0.15, 0.2) is 122 Å². The summed E-state index contributed by atoms with van der Waals surface area (Å²) in [5.41, 5.74) is 5.91. The van der Waals surface area contributed by atoms with E-state index < -0.39 is 0 Å². The Balaban J connectivity index is 1.39. The van der Waals surface area contributed by atoms with Crippen LogP contribution < -0.4 is 4.74 Å². The number of hydrogen-bond acceptors (Lipinski definition) is 2. The molecule has 1 heterocycles. The minimum absolute atomic E-state index is 0.0711. The van der Waals surface area contributed by atoms with Crippen molar-refractivity contribution in [3.8, 4) is 5.75 Å². The van der Waals surface area contributed by atoms with Gasteiger partial charge in [-0.25, -0.2) is 4.98 Å². The van der Waals surface area contributed by atoms with Crippen molar-refractivity contribution in [2.75, 3.05) is 6.61 Å². The van der Waals surface area contributed by atoms with E-state index in [1.54, 1.807) is 0 Å². The normalized spacial score (nSPS) is 11.1. The van der Waals surface area contributed by atoms with Gasteiger partial charge in [0.1, 0.15) is 11.6 Å². The Kier molecular flexibility index (Phi) is 7.58. The number of para-hydroxylation sites is 3. The zero-order valence-electron chi connectivity index (χ0n) is 20.6. The van der Waals surface area contributed by atoms with E-state index in [-0.39, 0.29) is 5.92 Å². The maximum atomic E-state index is 6.14. The molecule has 0 saturated heterocycles. The van der Waals surface area contributed by atoms with E-state index in [1.807, 2.05) is 24.3 Å². The molecule has 36 heavy (non-hydrogen) atoms. The fourth-order valence-corrected chi connectivity index (χ4v) is 4.85. The van der Waals surface area contributed by atoms with Crippen LogP contribution in [0, 0.1) is 0 Å². The summed E-state index contributed by atoms with van der Waals surface area (Å²) in [5.74, 6) is 2.12. The lowest BCUT2D eigenvalue weighted by Gasteiger charge is -2.20. The maximum absolute atomic E-state index is 6.14. The van der Waals surface area contributed by atoms with Crippen molar-refractivity contribution in [1.82, 2.24) is 9.55 Å². The second-order valence-corrected chi connectivity index (χ2v) is 9.02. The summed E-state index contributed by atoms with van der Waals surface area (Å²) in [5, 5.41) is 0. The van der Waals surface area contributed by atoms with E-state index in [9.17, 15) is 0 Å². The minimum Gasteiger partial charge on any atom is -0.493 e. The van der Waals surface area contributed by atoms with Crippen LogP contribution in [-0.2, 0) is 13.0 Å². The first kappa shape index (κ1) is 23.6. The van der Waals surface area contributed by atoms with Crippen LogP contribution in [0.5, 0.6) is 5.75 Å². The van der Waals surface area contributed by atoms with Gasteiger partial charge in [0, 0.05) is 6.54 Å². The first-order chi connectivity index (χ1) is 17.8. The highest BCUT2D eigenvalue weighted by molar-refractivity contribution is 5.76. The molecular formula is C33H32N2O. The average molecular weight is 473 g/mol. The molecule has 0 bridgehead atoms. The van der Waals surface area contributed by atoms with Gasteiger partial charge in [-0.15, -0.1) is 6.58 Å². The minimum atomic E-state index is 0.0711. The lowest BCUT2D eigenvalue weighted by Crippen LogP contribution is -2.13. The molecule has 0 radical (unpaired) electrons. The first-order valence-electron chi connectivity index (χ1n) is 12.7. The zero-order valence-corrected chi connectivity index (χ0v) is 20.6. The van der Waals surface area contributed by atoms with Gasteiger partial charge in [-0.1, -0.05) is 97.1 Å². The predicted molar refractivity (Wildman–Crippen MR) is 149 cm³/mol. The largest absolute Gasteiger partial charge is 0.493 e. The van der Waals surface area contributed by atoms with Gasteiger partial charge in [-0.05, 0) is 54.2 Å². The lowest BCUT2D eigenvalue weighted by molar-refractivity contribution is 0.300. The van der Waals surface area contributed by atoms with Crippen LogP contribution in [0.3, 0.4) is 0 Å². The van der Waals surface area contributed by atoms with Gasteiger partial charge in [0.2, 0.25) is 0 Å². The molecule has 0 atom stereocenters. The van der Waals surface area contributed by atoms with Crippen molar-refractivity contribution in [2.24, 2.45) is 0 Å². The number of aryl methyl sites for hydroxylation is 1. The number of benzene rings is 4. The lowest BCUT2D eigenvalue weighted by atomic mass is 9.90. The molecule has 0 aliphatic heterocycles. The number of rotatable bonds is 11. The third-order valence-corrected chi connectivity index (χ3v) is 6.58. The summed E-state index contributed by atoms with van der Waals surface area (Å²) < 4.78 is 8.55. The molecule has 3 heteroatoms. The molecule has 0 spiro atoms. The molecule has 0 amide bonds. The van der Waals surface area contributed by atoms with E-state index in [4.69, 9.17) is 9.72 Å². The van der Waals surface area contributed by atoms with Gasteiger partial charge in [-0.2, -0.15) is 0 Å². The van der Waals surface area contributed by atoms with Crippen LogP contribution in [0.1, 0.15) is 41.3 Å². The van der Waals surface area contributed by atoms with Crippen LogP contribution in [0.25, 0.3) is 11.0 Å². The molecule has 5 rings (SSSR count). The summed E-state index contributed by atoms with van der Waals surface area (Å²) in [6.45, 7) is 5.45. The third-order valence-electron chi connectivity index (χ3n) is 6.58. The number of unbranched alkanes of at least 4 members (excludes halogenated alkanes) is 1. The average Bonchev–Trinajstić information content (AvgIpc) is 3.29. The second kappa shape index (κ2) is 11.5. The van der Waals surface area contributed by atoms with Gasteiger partial charge in [0.25, 0.3) is 0 Å². The monoisotopic (exact) mass is 472 g/mol. The smallest absolute Gasteiger partial charge is 0.122 e. The highest BCUT2D eigenvalue weighted by Crippen LogP contribution is 2.33. The van der Waals surface area contributed by atoms with Crippen molar-refractivity contribution >= 4 is 11.0 Å². The Hall–Kier alpha value is -4.11. The topological polar surface area (TPSA) is 27.1 Å². The Bertz CT molecular complexity index is 1370. The molecule has 3 nitrogen and oxygen atoms in total. The number of allylic oxidation sites excluding steroid dienone is 1. The quantitative estimate of drug-likeness (QED) is 0.145. The number of fused-ring (bicyclic) bond motifs is 1. The summed E-state index contributed by atoms with van der Waals surface area (Å²) >= 11 is 0. The molecule has 0 aliphatic carbocycles. The molecule has 0 unspecified atom stereocenters. The van der Waals surface area contributed by atoms with E-state index >= 15 is 0 Å². The fraction of sp³-hybridized carbons (Fsp3) is 0.182. The summed E-state index contributed by atoms with van der Waals surface area (Å²) in [7, 11) is 0. The zero-order chi connectivity index (χ0) is 24.6. The van der Waals surface area contributed by atoms with Crippen molar-refractivity contribution in [2.45, 2.75) is 31.7 Å². The van der Waals surface area contributed by atoms with Crippen LogP contribution in [0.4, 0.5) is 0 Å². The SMILES string of the molecule is C=CCc1ccccc1OCCCCn1c(C(c2ccccc2)c2ccccc2)nc2ccccc21. The van der Waals surface area contributed by atoms with Gasteiger partial charge in [0.15, 0.2) is 0 Å². The Morgan fingerprint density at radius 2 is 1.39 bits per heavy atom. The molecule has 0 N–H and O–H groups in total. The number of aromatic nitrogens is 2. The molecule has 4 aromatic carbocycles. The van der Waals surface area contributed by atoms with Crippen molar-refractivity contribution in [1.29, 1.82) is 0 Å². The highest BCUT2D eigenvalue weighted by Gasteiger charge is 2.23. The molecule has 0 fully saturated rings. The maximum Gasteiger partial charge on any atom is 0.122 e. The molecule has 0 aliphatic rings. The Morgan fingerprint density at radius 3 is 2.11 bits per heavy atom. The predicted octanol–water partition coefficient (Wildman–Crippen LogP) is 7.80. The fourth-order valence-electron chi connectivity index (χ4n) is 4.85. The standard InChI is InChI=1S/C33H32N2O/c1-2-15-26-16-9-12-23-31(26)36-25-14-13-24-35-30-22-11-10-21-29(30)34-33(35)32(27-17-5-3-6-18-27)28-19-7-4-8-20-28/h2-12,16-23,32H,1,13-15,24-25H2. The van der Waals surface area contributed by atoms with Crippen molar-refractivity contribution in [3.63, 3.8) is 0 Å². The molecule has 5 aromatic rings. The molecule has 1 aromatic heterocycles. The van der Waals surface area contributed by atoms with Crippen LogP contribution in [0.2, 0.25) is 0 Å². The van der Waals surface area contributed by atoms with E-state index in [0.29, 0.717) is 6.61 Å². The Labute approximate surface area is 213 Å². The third kappa shape index (κ3) is 5.26. The van der Waals surface area contributed by atoms with Crippen molar-refractivity contribution < 1.29 is 4.74 Å². The first-order valence-corrected chi connectivity index (χ1v) is 12.7. The number of hydrogen-bond donors (Lipinski definition) is 0. The van der Waals surface area contributed by atoms with Crippen molar-refractivity contribution in [3.05, 3.63) is 144 Å². The summed E-state index contributed by atoms with van der Waals surface area (Å²) in [6.07, 6.45) is 4.72. The second-order valence-electron chi connectivity index (χ2n) is 9.02. The molecular weight excluding hydrogens is 440 g/mol. The van der Waals surface area contributed by atoms with E-state index in [1.165, 1.54) is 22.2 Å². The van der Waals surface area contributed by atoms with Crippen LogP contribution in [-0.4, -0.2) is 16.2 Å². The molecule has 0 saturated carbocycles. The van der Waals surface area contributed by atoms with E-state index in [2.05, 4.69) is 102 Å². The van der Waals surface area contributed by atoms with Gasteiger partial charge in [-0.3, -0.25) is 0 Å².